The van der Waals surface area contributed by atoms with E-state index in [2.05, 4.69) is 26.6 Å². The van der Waals surface area contributed by atoms with Crippen molar-refractivity contribution < 1.29 is 33.9 Å². The van der Waals surface area contributed by atoms with Crippen LogP contribution in [-0.2, 0) is 28.8 Å². The van der Waals surface area contributed by atoms with Gasteiger partial charge in [-0.2, -0.15) is 0 Å². The molecule has 0 saturated heterocycles. The Hall–Kier alpha value is -3.18. The van der Waals surface area contributed by atoms with Gasteiger partial charge in [-0.3, -0.25) is 28.8 Å². The van der Waals surface area contributed by atoms with Gasteiger partial charge in [0, 0.05) is 19.4 Å². The molecule has 12 nitrogen and oxygen atoms in total. The lowest BCUT2D eigenvalue weighted by molar-refractivity contribution is -0.137. The molecule has 0 aliphatic heterocycles. The molecule has 0 aromatic rings. The first-order valence-corrected chi connectivity index (χ1v) is 10.1. The summed E-state index contributed by atoms with van der Waals surface area (Å²) in [6.45, 7) is 7.95. The van der Waals surface area contributed by atoms with Gasteiger partial charge in [-0.25, -0.2) is 0 Å². The van der Waals surface area contributed by atoms with Crippen LogP contribution in [0.2, 0.25) is 0 Å². The van der Waals surface area contributed by atoms with E-state index in [4.69, 9.17) is 5.11 Å². The molecule has 0 rings (SSSR count). The van der Waals surface area contributed by atoms with Gasteiger partial charge < -0.3 is 31.7 Å². The van der Waals surface area contributed by atoms with Crippen molar-refractivity contribution in [3.05, 3.63) is 0 Å². The highest BCUT2D eigenvalue weighted by Crippen LogP contribution is 1.97. The minimum atomic E-state index is -1.01. The second kappa shape index (κ2) is 13.9. The van der Waals surface area contributed by atoms with Crippen LogP contribution in [0.1, 0.15) is 53.9 Å². The molecule has 5 amide bonds. The van der Waals surface area contributed by atoms with Crippen LogP contribution in [0.25, 0.3) is 0 Å². The Bertz CT molecular complexity index is 683. The Morgan fingerprint density at radius 1 is 0.645 bits per heavy atom. The molecule has 0 aliphatic carbocycles. The Morgan fingerprint density at radius 3 is 1.42 bits per heavy atom. The summed E-state index contributed by atoms with van der Waals surface area (Å²) in [7, 11) is 0. The number of aliphatic carboxylic acids is 1. The van der Waals surface area contributed by atoms with Crippen LogP contribution < -0.4 is 26.6 Å². The SMILES string of the molecule is CCNC(=O)C(C)NC(=O)C(C)NC(=O)C(C)NC(=O)C(C)NC(=O)CCCC(=O)O. The average molecular weight is 444 g/mol. The molecule has 0 spiro atoms. The number of amides is 5. The molecule has 176 valence electrons. The van der Waals surface area contributed by atoms with Crippen LogP contribution in [0.4, 0.5) is 0 Å². The molecule has 4 atom stereocenters. The number of carbonyl (C=O) groups excluding carboxylic acids is 5. The maximum Gasteiger partial charge on any atom is 0.303 e. The lowest BCUT2D eigenvalue weighted by atomic mass is 10.2. The highest BCUT2D eigenvalue weighted by Gasteiger charge is 2.25. The zero-order chi connectivity index (χ0) is 24.1. The van der Waals surface area contributed by atoms with E-state index >= 15 is 0 Å². The van der Waals surface area contributed by atoms with Crippen molar-refractivity contribution in [2.45, 2.75) is 78.0 Å². The van der Waals surface area contributed by atoms with Crippen molar-refractivity contribution in [1.82, 2.24) is 26.6 Å². The highest BCUT2D eigenvalue weighted by molar-refractivity contribution is 5.95. The first-order valence-electron chi connectivity index (χ1n) is 10.1. The quantitative estimate of drug-likeness (QED) is 0.198. The van der Waals surface area contributed by atoms with Gasteiger partial charge in [0.1, 0.15) is 24.2 Å². The lowest BCUT2D eigenvalue weighted by Gasteiger charge is -2.21. The van der Waals surface area contributed by atoms with Crippen molar-refractivity contribution in [3.63, 3.8) is 0 Å². The highest BCUT2D eigenvalue weighted by atomic mass is 16.4. The van der Waals surface area contributed by atoms with E-state index in [0.29, 0.717) is 6.54 Å². The first-order chi connectivity index (χ1) is 14.4. The van der Waals surface area contributed by atoms with Crippen molar-refractivity contribution >= 4 is 35.5 Å². The number of nitrogens with one attached hydrogen (secondary N) is 5. The predicted octanol–water partition coefficient (Wildman–Crippen LogP) is -1.60. The number of rotatable bonds is 13. The zero-order valence-corrected chi connectivity index (χ0v) is 18.5. The van der Waals surface area contributed by atoms with Gasteiger partial charge in [0.15, 0.2) is 0 Å². The molecular formula is C19H33N5O7. The number of carbonyl (C=O) groups is 6. The monoisotopic (exact) mass is 443 g/mol. The van der Waals surface area contributed by atoms with E-state index in [1.807, 2.05) is 0 Å². The second-order valence-corrected chi connectivity index (χ2v) is 7.12. The van der Waals surface area contributed by atoms with E-state index in [1.54, 1.807) is 6.92 Å². The summed E-state index contributed by atoms with van der Waals surface area (Å²) >= 11 is 0. The van der Waals surface area contributed by atoms with E-state index in [9.17, 15) is 28.8 Å². The molecule has 0 saturated carbocycles. The lowest BCUT2D eigenvalue weighted by Crippen LogP contribution is -2.56. The third-order valence-corrected chi connectivity index (χ3v) is 4.17. The summed E-state index contributed by atoms with van der Waals surface area (Å²) in [5.74, 6) is -3.65. The van der Waals surface area contributed by atoms with Crippen LogP contribution >= 0.6 is 0 Å². The van der Waals surface area contributed by atoms with Crippen molar-refractivity contribution in [3.8, 4) is 0 Å². The van der Waals surface area contributed by atoms with Gasteiger partial charge in [-0.05, 0) is 41.0 Å². The topological polar surface area (TPSA) is 183 Å². The Labute approximate surface area is 181 Å². The largest absolute Gasteiger partial charge is 0.481 e. The molecule has 0 heterocycles. The number of likely N-dealkylation sites (N-methyl/N-ethyl adjacent to an activating group) is 1. The van der Waals surface area contributed by atoms with Gasteiger partial charge in [-0.1, -0.05) is 0 Å². The second-order valence-electron chi connectivity index (χ2n) is 7.12. The molecule has 0 bridgehead atoms. The summed E-state index contributed by atoms with van der Waals surface area (Å²) in [5, 5.41) is 20.9. The molecular weight excluding hydrogens is 410 g/mol. The maximum atomic E-state index is 12.2. The molecule has 6 N–H and O–H groups in total. The zero-order valence-electron chi connectivity index (χ0n) is 18.5. The molecule has 0 aliphatic rings. The van der Waals surface area contributed by atoms with E-state index in [1.165, 1.54) is 27.7 Å². The fraction of sp³-hybridized carbons (Fsp3) is 0.684. The fourth-order valence-electron chi connectivity index (χ4n) is 2.32. The molecule has 0 fully saturated rings. The summed E-state index contributed by atoms with van der Waals surface area (Å²) in [6.07, 6.45) is -0.0483. The standard InChI is InChI=1S/C19H33N5O7/c1-6-20-16(28)10(2)22-18(30)12(4)24-19(31)13(5)23-17(29)11(3)21-14(25)8-7-9-15(26)27/h10-13H,6-9H2,1-5H3,(H,20,28)(H,21,25)(H,22,30)(H,23,29)(H,24,31)(H,26,27). The van der Waals surface area contributed by atoms with Gasteiger partial charge in [-0.15, -0.1) is 0 Å². The van der Waals surface area contributed by atoms with Crippen LogP contribution in [0, 0.1) is 0 Å². The minimum Gasteiger partial charge on any atom is -0.481 e. The number of carboxylic acid groups (broad SMARTS) is 1. The van der Waals surface area contributed by atoms with Crippen LogP contribution in [0.15, 0.2) is 0 Å². The third kappa shape index (κ3) is 11.6. The summed E-state index contributed by atoms with van der Waals surface area (Å²) < 4.78 is 0. The normalized spacial score (nSPS) is 14.2. The van der Waals surface area contributed by atoms with Gasteiger partial charge >= 0.3 is 5.97 Å². The number of carboxylic acids is 1. The van der Waals surface area contributed by atoms with Crippen molar-refractivity contribution in [2.24, 2.45) is 0 Å². The van der Waals surface area contributed by atoms with Gasteiger partial charge in [0.2, 0.25) is 29.5 Å². The van der Waals surface area contributed by atoms with E-state index < -0.39 is 53.8 Å². The van der Waals surface area contributed by atoms with Crippen molar-refractivity contribution in [2.75, 3.05) is 6.54 Å². The van der Waals surface area contributed by atoms with Crippen LogP contribution in [0.5, 0.6) is 0 Å². The molecule has 4 unspecified atom stereocenters. The number of hydrogen-bond acceptors (Lipinski definition) is 6. The van der Waals surface area contributed by atoms with Gasteiger partial charge in [0.05, 0.1) is 0 Å². The van der Waals surface area contributed by atoms with E-state index in [-0.39, 0.29) is 25.2 Å². The molecule has 0 radical (unpaired) electrons. The molecule has 0 aromatic heterocycles. The fourth-order valence-corrected chi connectivity index (χ4v) is 2.32. The summed E-state index contributed by atoms with van der Waals surface area (Å²) in [6, 6.07) is -3.65. The molecule has 31 heavy (non-hydrogen) atoms. The first kappa shape index (κ1) is 27.8. The smallest absolute Gasteiger partial charge is 0.303 e. The average Bonchev–Trinajstić information content (AvgIpc) is 2.67. The maximum absolute atomic E-state index is 12.2. The molecule has 0 aromatic carbocycles. The Balaban J connectivity index is 4.48. The van der Waals surface area contributed by atoms with Crippen molar-refractivity contribution in [1.29, 1.82) is 0 Å². The van der Waals surface area contributed by atoms with Crippen LogP contribution in [0.3, 0.4) is 0 Å². The Kier molecular flexibility index (Phi) is 12.5. The van der Waals surface area contributed by atoms with E-state index in [0.717, 1.165) is 0 Å². The minimum absolute atomic E-state index is 0.0404. The van der Waals surface area contributed by atoms with Crippen LogP contribution in [-0.4, -0.2) is 71.3 Å². The Morgan fingerprint density at radius 2 is 1.03 bits per heavy atom. The summed E-state index contributed by atoms with van der Waals surface area (Å²) in [4.78, 5) is 70.3. The molecule has 12 heteroatoms. The summed E-state index contributed by atoms with van der Waals surface area (Å²) in [5.41, 5.74) is 0. The predicted molar refractivity (Wildman–Crippen MR) is 111 cm³/mol. The number of hydrogen-bond donors (Lipinski definition) is 6. The van der Waals surface area contributed by atoms with Gasteiger partial charge in [0.25, 0.3) is 0 Å². The third-order valence-electron chi connectivity index (χ3n) is 4.17.